The first-order valence-electron chi connectivity index (χ1n) is 12.3. The maximum absolute atomic E-state index is 13.0. The molecule has 2 amide bonds. The normalized spacial score (nSPS) is 13.0. The van der Waals surface area contributed by atoms with E-state index in [4.69, 9.17) is 4.74 Å². The Labute approximate surface area is 220 Å². The third kappa shape index (κ3) is 5.61. The number of anilines is 4. The Hall–Kier alpha value is -4.82. The van der Waals surface area contributed by atoms with Gasteiger partial charge in [-0.3, -0.25) is 24.3 Å². The van der Waals surface area contributed by atoms with Crippen molar-refractivity contribution < 1.29 is 19.1 Å². The Morgan fingerprint density at radius 3 is 1.92 bits per heavy atom. The van der Waals surface area contributed by atoms with E-state index in [-0.39, 0.29) is 11.7 Å². The van der Waals surface area contributed by atoms with Gasteiger partial charge in [0.05, 0.1) is 18.9 Å². The van der Waals surface area contributed by atoms with Gasteiger partial charge < -0.3 is 15.0 Å². The lowest BCUT2D eigenvalue weighted by atomic mass is 10.0. The molecular formula is C30H26N4O4. The van der Waals surface area contributed by atoms with Crippen LogP contribution >= 0.6 is 0 Å². The lowest BCUT2D eigenvalue weighted by molar-refractivity contribution is -0.106. The molecule has 8 heteroatoms. The fourth-order valence-corrected chi connectivity index (χ4v) is 4.27. The summed E-state index contributed by atoms with van der Waals surface area (Å²) in [4.78, 5) is 45.0. The largest absolute Gasteiger partial charge is 0.378 e. The number of morpholine rings is 1. The van der Waals surface area contributed by atoms with E-state index in [9.17, 15) is 14.4 Å². The molecule has 1 saturated heterocycles. The van der Waals surface area contributed by atoms with E-state index in [0.717, 1.165) is 25.2 Å². The molecule has 1 aliphatic rings. The monoisotopic (exact) mass is 506 g/mol. The van der Waals surface area contributed by atoms with Crippen LogP contribution in [0.1, 0.15) is 26.3 Å². The molecule has 1 aliphatic heterocycles. The second kappa shape index (κ2) is 11.5. The summed E-state index contributed by atoms with van der Waals surface area (Å²) in [7, 11) is 0. The SMILES string of the molecule is O=CN(c1ccncc1)c1ccc(C(=O)c2ccc(NC(=O)c3ccc(N4CCOCC4)cc3)cc2)cc1. The Kier molecular flexibility index (Phi) is 7.52. The van der Waals surface area contributed by atoms with E-state index >= 15 is 0 Å². The molecule has 1 N–H and O–H groups in total. The fraction of sp³-hybridized carbons (Fsp3) is 0.133. The zero-order chi connectivity index (χ0) is 26.3. The van der Waals surface area contributed by atoms with Gasteiger partial charge in [0.15, 0.2) is 5.78 Å². The second-order valence-corrected chi connectivity index (χ2v) is 8.73. The summed E-state index contributed by atoms with van der Waals surface area (Å²) in [6.45, 7) is 3.08. The van der Waals surface area contributed by atoms with Crippen molar-refractivity contribution in [2.75, 3.05) is 41.4 Å². The average molecular weight is 507 g/mol. The van der Waals surface area contributed by atoms with Crippen molar-refractivity contribution in [3.05, 3.63) is 114 Å². The first-order chi connectivity index (χ1) is 18.6. The number of hydrogen-bond acceptors (Lipinski definition) is 6. The fourth-order valence-electron chi connectivity index (χ4n) is 4.27. The quantitative estimate of drug-likeness (QED) is 0.275. The van der Waals surface area contributed by atoms with Crippen molar-refractivity contribution in [3.63, 3.8) is 0 Å². The van der Waals surface area contributed by atoms with Gasteiger partial charge in [-0.15, -0.1) is 0 Å². The summed E-state index contributed by atoms with van der Waals surface area (Å²) >= 11 is 0. The predicted molar refractivity (Wildman–Crippen MR) is 146 cm³/mol. The summed E-state index contributed by atoms with van der Waals surface area (Å²) in [6, 6.07) is 24.6. The van der Waals surface area contributed by atoms with Gasteiger partial charge in [0.25, 0.3) is 5.91 Å². The molecule has 5 rings (SSSR count). The molecule has 190 valence electrons. The Bertz CT molecular complexity index is 1400. The number of ketones is 1. The molecule has 0 spiro atoms. The summed E-state index contributed by atoms with van der Waals surface area (Å²) in [5.74, 6) is -0.378. The smallest absolute Gasteiger partial charge is 0.255 e. The van der Waals surface area contributed by atoms with Gasteiger partial charge in [0.1, 0.15) is 0 Å². The first kappa shape index (κ1) is 24.9. The molecule has 4 aromatic rings. The van der Waals surface area contributed by atoms with Crippen LogP contribution in [0.25, 0.3) is 0 Å². The van der Waals surface area contributed by atoms with Crippen LogP contribution in [0.4, 0.5) is 22.7 Å². The highest BCUT2D eigenvalue weighted by Crippen LogP contribution is 2.24. The van der Waals surface area contributed by atoms with E-state index in [1.54, 1.807) is 73.1 Å². The number of benzene rings is 3. The Balaban J connectivity index is 1.21. The zero-order valence-electron chi connectivity index (χ0n) is 20.6. The second-order valence-electron chi connectivity index (χ2n) is 8.73. The van der Waals surface area contributed by atoms with Gasteiger partial charge in [0, 0.05) is 59.2 Å². The maximum atomic E-state index is 13.0. The number of carbonyl (C=O) groups excluding carboxylic acids is 3. The van der Waals surface area contributed by atoms with Crippen LogP contribution in [0.15, 0.2) is 97.3 Å². The van der Waals surface area contributed by atoms with Crippen molar-refractivity contribution in [1.82, 2.24) is 4.98 Å². The van der Waals surface area contributed by atoms with Crippen LogP contribution in [0, 0.1) is 0 Å². The van der Waals surface area contributed by atoms with E-state index in [2.05, 4.69) is 15.2 Å². The van der Waals surface area contributed by atoms with Crippen LogP contribution in [0.3, 0.4) is 0 Å². The molecule has 38 heavy (non-hydrogen) atoms. The van der Waals surface area contributed by atoms with Gasteiger partial charge in [-0.05, 0) is 84.9 Å². The molecule has 3 aromatic carbocycles. The van der Waals surface area contributed by atoms with Crippen LogP contribution in [0.5, 0.6) is 0 Å². The molecular weight excluding hydrogens is 480 g/mol. The summed E-state index contributed by atoms with van der Waals surface area (Å²) < 4.78 is 5.39. The number of aromatic nitrogens is 1. The van der Waals surface area contributed by atoms with E-state index < -0.39 is 0 Å². The number of hydrogen-bond donors (Lipinski definition) is 1. The van der Waals surface area contributed by atoms with E-state index in [1.807, 2.05) is 24.3 Å². The van der Waals surface area contributed by atoms with E-state index in [0.29, 0.717) is 47.0 Å². The van der Waals surface area contributed by atoms with Crippen LogP contribution in [-0.2, 0) is 9.53 Å². The first-order valence-corrected chi connectivity index (χ1v) is 12.3. The third-order valence-corrected chi connectivity index (χ3v) is 6.36. The van der Waals surface area contributed by atoms with Gasteiger partial charge in [-0.2, -0.15) is 0 Å². The molecule has 0 atom stereocenters. The maximum Gasteiger partial charge on any atom is 0.255 e. The predicted octanol–water partition coefficient (Wildman–Crippen LogP) is 4.70. The molecule has 0 saturated carbocycles. The van der Waals surface area contributed by atoms with Gasteiger partial charge in [-0.1, -0.05) is 0 Å². The highest BCUT2D eigenvalue weighted by molar-refractivity contribution is 6.10. The van der Waals surface area contributed by atoms with Crippen molar-refractivity contribution in [2.45, 2.75) is 0 Å². The lowest BCUT2D eigenvalue weighted by Gasteiger charge is -2.28. The minimum atomic E-state index is -0.220. The van der Waals surface area contributed by atoms with Gasteiger partial charge in [-0.25, -0.2) is 0 Å². The number of amides is 2. The standard InChI is InChI=1S/C30H26N4O4/c35-21-34(28-13-15-31-16-14-28)27-11-3-23(4-12-27)29(36)22-1-7-25(8-2-22)32-30(37)24-5-9-26(10-6-24)33-17-19-38-20-18-33/h1-16,21H,17-20H2,(H,32,37). The molecule has 0 unspecified atom stereocenters. The van der Waals surface area contributed by atoms with Gasteiger partial charge in [0.2, 0.25) is 6.41 Å². The molecule has 0 bridgehead atoms. The molecule has 0 aliphatic carbocycles. The van der Waals surface area contributed by atoms with E-state index in [1.165, 1.54) is 4.90 Å². The topological polar surface area (TPSA) is 91.8 Å². The van der Waals surface area contributed by atoms with Crippen molar-refractivity contribution in [1.29, 1.82) is 0 Å². The van der Waals surface area contributed by atoms with Crippen LogP contribution in [0.2, 0.25) is 0 Å². The number of ether oxygens (including phenoxy) is 1. The highest BCUT2D eigenvalue weighted by atomic mass is 16.5. The number of nitrogens with one attached hydrogen (secondary N) is 1. The molecule has 8 nitrogen and oxygen atoms in total. The molecule has 0 radical (unpaired) electrons. The van der Waals surface area contributed by atoms with Crippen LogP contribution < -0.4 is 15.1 Å². The Morgan fingerprint density at radius 2 is 1.32 bits per heavy atom. The minimum Gasteiger partial charge on any atom is -0.378 e. The number of rotatable bonds is 8. The Morgan fingerprint density at radius 1 is 0.763 bits per heavy atom. The number of nitrogens with zero attached hydrogens (tertiary/aromatic N) is 3. The lowest BCUT2D eigenvalue weighted by Crippen LogP contribution is -2.36. The minimum absolute atomic E-state index is 0.158. The number of carbonyl (C=O) groups is 3. The van der Waals surface area contributed by atoms with Gasteiger partial charge >= 0.3 is 0 Å². The number of pyridine rings is 1. The average Bonchev–Trinajstić information content (AvgIpc) is 2.99. The molecule has 1 aromatic heterocycles. The zero-order valence-corrected chi connectivity index (χ0v) is 20.6. The summed E-state index contributed by atoms with van der Waals surface area (Å²) in [5.41, 5.74) is 4.52. The molecule has 2 heterocycles. The summed E-state index contributed by atoms with van der Waals surface area (Å²) in [6.07, 6.45) is 3.94. The van der Waals surface area contributed by atoms with Crippen molar-refractivity contribution in [3.8, 4) is 0 Å². The highest BCUT2D eigenvalue weighted by Gasteiger charge is 2.14. The van der Waals surface area contributed by atoms with Crippen molar-refractivity contribution >= 4 is 40.9 Å². The third-order valence-electron chi connectivity index (χ3n) is 6.36. The van der Waals surface area contributed by atoms with Crippen molar-refractivity contribution in [2.24, 2.45) is 0 Å². The molecule has 1 fully saturated rings. The van der Waals surface area contributed by atoms with Crippen LogP contribution in [-0.4, -0.2) is 49.4 Å². The summed E-state index contributed by atoms with van der Waals surface area (Å²) in [5, 5.41) is 2.88.